The van der Waals surface area contributed by atoms with Crippen LogP contribution in [0.4, 0.5) is 0 Å². The molecule has 0 saturated carbocycles. The summed E-state index contributed by atoms with van der Waals surface area (Å²) in [6.45, 7) is 3.21. The van der Waals surface area contributed by atoms with Gasteiger partial charge in [-0.25, -0.2) is 0 Å². The molecule has 0 aromatic carbocycles. The molecule has 0 spiro atoms. The van der Waals surface area contributed by atoms with Crippen LogP contribution in [0.25, 0.3) is 0 Å². The van der Waals surface area contributed by atoms with Crippen molar-refractivity contribution < 1.29 is 22.6 Å². The van der Waals surface area contributed by atoms with Gasteiger partial charge in [-0.3, -0.25) is 14.1 Å². The van der Waals surface area contributed by atoms with E-state index in [1.165, 1.54) is 0 Å². The van der Waals surface area contributed by atoms with E-state index in [9.17, 15) is 18.0 Å². The fourth-order valence-corrected chi connectivity index (χ4v) is 1.24. The van der Waals surface area contributed by atoms with Crippen LogP contribution in [0, 0.1) is 0 Å². The van der Waals surface area contributed by atoms with Gasteiger partial charge in [-0.05, 0) is 0 Å². The molecule has 0 aliphatic carbocycles. The molecule has 2 amide bonds. The van der Waals surface area contributed by atoms with E-state index in [1.54, 1.807) is 0 Å². The molecule has 0 aliphatic rings. The molecule has 0 fully saturated rings. The predicted molar refractivity (Wildman–Crippen MR) is 58.9 cm³/mol. The van der Waals surface area contributed by atoms with Crippen LogP contribution < -0.4 is 11.5 Å². The quantitative estimate of drug-likeness (QED) is 0.298. The maximum atomic E-state index is 10.7. The minimum absolute atomic E-state index is 0. The van der Waals surface area contributed by atoms with Crippen LogP contribution >= 0.6 is 0 Å². The first-order valence-electron chi connectivity index (χ1n) is 3.59. The fraction of sp³-hybridized carbons (Fsp3) is 0.143. The van der Waals surface area contributed by atoms with E-state index in [4.69, 9.17) is 16.0 Å². The van der Waals surface area contributed by atoms with Crippen molar-refractivity contribution in [2.75, 3.05) is 0 Å². The molecule has 5 N–H and O–H groups in total. The van der Waals surface area contributed by atoms with Gasteiger partial charge in [0.2, 0.25) is 11.8 Å². The van der Waals surface area contributed by atoms with Gasteiger partial charge in [0.25, 0.3) is 10.1 Å². The normalized spacial score (nSPS) is 11.4. The Balaban J connectivity index is 0. The van der Waals surface area contributed by atoms with Crippen molar-refractivity contribution in [2.45, 2.75) is 6.42 Å². The third-order valence-corrected chi connectivity index (χ3v) is 1.94. The van der Waals surface area contributed by atoms with Gasteiger partial charge >= 0.3 is 29.6 Å². The Morgan fingerprint density at radius 2 is 1.69 bits per heavy atom. The van der Waals surface area contributed by atoms with Gasteiger partial charge in [0, 0.05) is 17.6 Å². The molecule has 86 valence electrons. The Bertz CT molecular complexity index is 440. The monoisotopic (exact) mass is 258 g/mol. The molecule has 0 aliphatic heterocycles. The molecule has 16 heavy (non-hydrogen) atoms. The Morgan fingerprint density at radius 3 is 1.94 bits per heavy atom. The summed E-state index contributed by atoms with van der Waals surface area (Å²) in [6.07, 6.45) is -0.426. The summed E-state index contributed by atoms with van der Waals surface area (Å²) in [7, 11) is -4.50. The first-order chi connectivity index (χ1) is 6.63. The van der Waals surface area contributed by atoms with Crippen LogP contribution in [0.15, 0.2) is 23.1 Å². The first kappa shape index (κ1) is 17.7. The summed E-state index contributed by atoms with van der Waals surface area (Å²) in [5.74, 6) is -1.98. The Hall–Kier alpha value is -0.670. The molecule has 0 unspecified atom stereocenters. The average molecular weight is 258 g/mol. The van der Waals surface area contributed by atoms with Crippen LogP contribution in [-0.2, 0) is 19.7 Å². The predicted octanol–water partition coefficient (Wildman–Crippen LogP) is -1.97. The second-order valence-corrected chi connectivity index (χ2v) is 3.93. The molecule has 0 rings (SSSR count). The number of carbonyl (C=O) groups excluding carboxylic acids is 2. The Labute approximate surface area is 115 Å². The molecule has 0 saturated heterocycles. The summed E-state index contributed by atoms with van der Waals surface area (Å²) in [5, 5.41) is 0.253. The molecule has 0 bridgehead atoms. The molecular weight excluding hydrogens is 247 g/mol. The number of nitrogens with two attached hydrogens (primary N) is 2. The van der Waals surface area contributed by atoms with E-state index in [-0.39, 0.29) is 40.5 Å². The molecule has 9 heteroatoms. The molecule has 0 aromatic heterocycles. The number of rotatable bonds is 5. The Kier molecular flexibility index (Phi) is 7.55. The molecule has 0 aromatic rings. The summed E-state index contributed by atoms with van der Waals surface area (Å²) in [6, 6.07) is 0. The summed E-state index contributed by atoms with van der Waals surface area (Å²) >= 11 is 0. The van der Waals surface area contributed by atoms with Gasteiger partial charge in [-0.15, -0.1) is 0 Å². The number of primary amides is 2. The average Bonchev–Trinajstić information content (AvgIpc) is 1.99. The summed E-state index contributed by atoms with van der Waals surface area (Å²) < 4.78 is 29.3. The van der Waals surface area contributed by atoms with Crippen molar-refractivity contribution in [3.05, 3.63) is 23.1 Å². The van der Waals surface area contributed by atoms with Crippen molar-refractivity contribution in [3.8, 4) is 0 Å². The van der Waals surface area contributed by atoms with Crippen molar-refractivity contribution in [2.24, 2.45) is 11.5 Å². The second-order valence-electron chi connectivity index (χ2n) is 2.67. The molecule has 0 heterocycles. The number of hydrogen-bond donors (Lipinski definition) is 3. The van der Waals surface area contributed by atoms with E-state index in [0.717, 1.165) is 0 Å². The van der Waals surface area contributed by atoms with E-state index in [0.29, 0.717) is 0 Å². The van der Waals surface area contributed by atoms with Crippen molar-refractivity contribution in [1.29, 1.82) is 0 Å². The number of carbonyl (C=O) groups is 2. The number of hydrogen-bond acceptors (Lipinski definition) is 4. The fourth-order valence-electron chi connectivity index (χ4n) is 0.684. The molecular formula is C7H11N2NaO5S. The van der Waals surface area contributed by atoms with E-state index < -0.39 is 33.9 Å². The van der Waals surface area contributed by atoms with Gasteiger partial charge in [0.1, 0.15) is 0 Å². The number of amides is 2. The van der Waals surface area contributed by atoms with Crippen LogP contribution in [-0.4, -0.2) is 54.3 Å². The van der Waals surface area contributed by atoms with Crippen LogP contribution in [0.1, 0.15) is 6.42 Å². The minimum atomic E-state index is -4.50. The van der Waals surface area contributed by atoms with Crippen molar-refractivity contribution in [1.82, 2.24) is 0 Å². The molecule has 7 nitrogen and oxygen atoms in total. The summed E-state index contributed by atoms with van der Waals surface area (Å²) in [5.41, 5.74) is 8.97. The van der Waals surface area contributed by atoms with Crippen molar-refractivity contribution >= 4 is 51.5 Å². The van der Waals surface area contributed by atoms with Gasteiger partial charge in [0.05, 0.1) is 5.41 Å². The third kappa shape index (κ3) is 7.60. The topological polar surface area (TPSA) is 141 Å². The summed E-state index contributed by atoms with van der Waals surface area (Å²) in [4.78, 5) is 21.3. The SMILES string of the molecule is C=C(C/C(=C/S(=O)(=O)O)C(N)=O)C(N)=O.[NaH]. The second kappa shape index (κ2) is 6.81. The Morgan fingerprint density at radius 1 is 1.25 bits per heavy atom. The van der Waals surface area contributed by atoms with Gasteiger partial charge in [-0.1, -0.05) is 6.58 Å². The molecule has 0 atom stereocenters. The van der Waals surface area contributed by atoms with Gasteiger partial charge in [-0.2, -0.15) is 8.42 Å². The van der Waals surface area contributed by atoms with Crippen LogP contribution in [0.5, 0.6) is 0 Å². The molecule has 0 radical (unpaired) electrons. The van der Waals surface area contributed by atoms with Crippen LogP contribution in [0.3, 0.4) is 0 Å². The van der Waals surface area contributed by atoms with Gasteiger partial charge in [0.15, 0.2) is 0 Å². The maximum absolute atomic E-state index is 10.7. The van der Waals surface area contributed by atoms with E-state index in [1.807, 2.05) is 0 Å². The van der Waals surface area contributed by atoms with Crippen molar-refractivity contribution in [3.63, 3.8) is 0 Å². The van der Waals surface area contributed by atoms with E-state index >= 15 is 0 Å². The first-order valence-corrected chi connectivity index (χ1v) is 5.09. The van der Waals surface area contributed by atoms with Crippen LogP contribution in [0.2, 0.25) is 0 Å². The zero-order valence-electron chi connectivity index (χ0n) is 7.63. The van der Waals surface area contributed by atoms with E-state index in [2.05, 4.69) is 6.58 Å². The third-order valence-electron chi connectivity index (χ3n) is 1.36. The standard InChI is InChI=1S/C7H10N2O5S.Na.H/c1-4(6(8)10)2-5(7(9)11)3-15(12,13)14;;/h3H,1-2H2,(H2,8,10)(H2,9,11)(H,12,13,14);;/b5-3-;;. The van der Waals surface area contributed by atoms with Gasteiger partial charge < -0.3 is 11.5 Å². The zero-order valence-corrected chi connectivity index (χ0v) is 8.45. The zero-order chi connectivity index (χ0) is 12.2.